The van der Waals surface area contributed by atoms with Crippen molar-refractivity contribution in [3.63, 3.8) is 0 Å². The summed E-state index contributed by atoms with van der Waals surface area (Å²) < 4.78 is 4.59. The van der Waals surface area contributed by atoms with E-state index in [4.69, 9.17) is 0 Å². The number of hydrogen-bond donors (Lipinski definition) is 0. The van der Waals surface area contributed by atoms with Crippen molar-refractivity contribution in [3.05, 3.63) is 24.0 Å². The van der Waals surface area contributed by atoms with Gasteiger partial charge < -0.3 is 9.64 Å². The van der Waals surface area contributed by atoms with Crippen LogP contribution in [0.15, 0.2) is 18.5 Å². The highest BCUT2D eigenvalue weighted by atomic mass is 16.5. The maximum atomic E-state index is 11.0. The number of rotatable bonds is 4. The van der Waals surface area contributed by atoms with Crippen LogP contribution in [0, 0.1) is 6.92 Å². The molecule has 15 heavy (non-hydrogen) atoms. The maximum absolute atomic E-state index is 11.0. The minimum atomic E-state index is -0.187. The van der Waals surface area contributed by atoms with Gasteiger partial charge in [-0.25, -0.2) is 0 Å². The Labute approximate surface area is 89.9 Å². The van der Waals surface area contributed by atoms with E-state index in [0.717, 1.165) is 11.3 Å². The number of pyridine rings is 1. The van der Waals surface area contributed by atoms with Gasteiger partial charge in [-0.15, -0.1) is 0 Å². The highest BCUT2D eigenvalue weighted by Gasteiger charge is 2.06. The summed E-state index contributed by atoms with van der Waals surface area (Å²) in [7, 11) is 3.35. The number of esters is 1. The Morgan fingerprint density at radius 3 is 2.93 bits per heavy atom. The number of carbonyl (C=O) groups is 1. The molecule has 0 saturated carbocycles. The fourth-order valence-corrected chi connectivity index (χ4v) is 1.38. The molecule has 0 fully saturated rings. The molecule has 0 radical (unpaired) electrons. The second kappa shape index (κ2) is 5.34. The molecule has 82 valence electrons. The van der Waals surface area contributed by atoms with E-state index < -0.39 is 0 Å². The highest BCUT2D eigenvalue weighted by molar-refractivity contribution is 5.70. The van der Waals surface area contributed by atoms with E-state index in [0.29, 0.717) is 13.0 Å². The van der Waals surface area contributed by atoms with Crippen LogP contribution in [0.25, 0.3) is 0 Å². The van der Waals surface area contributed by atoms with E-state index in [1.165, 1.54) is 7.11 Å². The van der Waals surface area contributed by atoms with Gasteiger partial charge in [-0.05, 0) is 18.6 Å². The number of carbonyl (C=O) groups excluding carboxylic acids is 1. The Bertz CT molecular complexity index is 339. The van der Waals surface area contributed by atoms with Crippen LogP contribution in [0.2, 0.25) is 0 Å². The van der Waals surface area contributed by atoms with Crippen molar-refractivity contribution in [3.8, 4) is 0 Å². The van der Waals surface area contributed by atoms with Crippen LogP contribution in [0.5, 0.6) is 0 Å². The fourth-order valence-electron chi connectivity index (χ4n) is 1.38. The number of aryl methyl sites for hydroxylation is 1. The van der Waals surface area contributed by atoms with Crippen molar-refractivity contribution < 1.29 is 9.53 Å². The highest BCUT2D eigenvalue weighted by Crippen LogP contribution is 2.16. The Morgan fingerprint density at radius 2 is 2.33 bits per heavy atom. The summed E-state index contributed by atoms with van der Waals surface area (Å²) in [5.41, 5.74) is 2.19. The van der Waals surface area contributed by atoms with Gasteiger partial charge in [0, 0.05) is 31.7 Å². The SMILES string of the molecule is COC(=O)CCN(C)c1ccncc1C. The Morgan fingerprint density at radius 1 is 1.60 bits per heavy atom. The molecule has 4 nitrogen and oxygen atoms in total. The fraction of sp³-hybridized carbons (Fsp3) is 0.455. The molecule has 0 aliphatic rings. The van der Waals surface area contributed by atoms with E-state index in [1.807, 2.05) is 31.1 Å². The van der Waals surface area contributed by atoms with E-state index in [2.05, 4.69) is 9.72 Å². The van der Waals surface area contributed by atoms with E-state index >= 15 is 0 Å². The first-order valence-corrected chi connectivity index (χ1v) is 4.83. The van der Waals surface area contributed by atoms with Crippen molar-refractivity contribution in [1.29, 1.82) is 0 Å². The van der Waals surface area contributed by atoms with Crippen molar-refractivity contribution in [1.82, 2.24) is 4.98 Å². The maximum Gasteiger partial charge on any atom is 0.307 e. The van der Waals surface area contributed by atoms with Gasteiger partial charge in [0.15, 0.2) is 0 Å². The summed E-state index contributed by atoms with van der Waals surface area (Å²) in [6.07, 6.45) is 3.95. The lowest BCUT2D eigenvalue weighted by Gasteiger charge is -2.20. The summed E-state index contributed by atoms with van der Waals surface area (Å²) in [6, 6.07) is 1.94. The van der Waals surface area contributed by atoms with Crippen LogP contribution in [0.1, 0.15) is 12.0 Å². The quantitative estimate of drug-likeness (QED) is 0.701. The summed E-state index contributed by atoms with van der Waals surface area (Å²) in [4.78, 5) is 17.0. The van der Waals surface area contributed by atoms with Gasteiger partial charge in [0.1, 0.15) is 0 Å². The first kappa shape index (κ1) is 11.5. The van der Waals surface area contributed by atoms with Crippen LogP contribution in [0.3, 0.4) is 0 Å². The third-order valence-electron chi connectivity index (χ3n) is 2.28. The predicted octanol–water partition coefficient (Wildman–Crippen LogP) is 1.39. The number of aromatic nitrogens is 1. The van der Waals surface area contributed by atoms with Gasteiger partial charge in [0.2, 0.25) is 0 Å². The molecule has 0 bridgehead atoms. The van der Waals surface area contributed by atoms with Gasteiger partial charge in [-0.3, -0.25) is 9.78 Å². The van der Waals surface area contributed by atoms with Gasteiger partial charge in [0.05, 0.1) is 13.5 Å². The van der Waals surface area contributed by atoms with Gasteiger partial charge in [0.25, 0.3) is 0 Å². The zero-order valence-corrected chi connectivity index (χ0v) is 9.36. The first-order chi connectivity index (χ1) is 7.15. The van der Waals surface area contributed by atoms with Crippen LogP contribution in [0.4, 0.5) is 5.69 Å². The largest absolute Gasteiger partial charge is 0.469 e. The normalized spacial score (nSPS) is 9.80. The van der Waals surface area contributed by atoms with Crippen molar-refractivity contribution in [2.75, 3.05) is 25.6 Å². The molecule has 0 aliphatic heterocycles. The topological polar surface area (TPSA) is 42.4 Å². The molecule has 1 aromatic heterocycles. The Balaban J connectivity index is 2.57. The number of methoxy groups -OCH3 is 1. The molecule has 0 atom stereocenters. The average Bonchev–Trinajstić information content (AvgIpc) is 2.26. The predicted molar refractivity (Wildman–Crippen MR) is 58.9 cm³/mol. The van der Waals surface area contributed by atoms with E-state index in [9.17, 15) is 4.79 Å². The number of ether oxygens (including phenoxy) is 1. The molecule has 0 amide bonds. The molecule has 1 rings (SSSR count). The Kier molecular flexibility index (Phi) is 4.09. The Hall–Kier alpha value is -1.58. The molecule has 4 heteroatoms. The monoisotopic (exact) mass is 208 g/mol. The van der Waals surface area contributed by atoms with Gasteiger partial charge >= 0.3 is 5.97 Å². The third-order valence-corrected chi connectivity index (χ3v) is 2.28. The second-order valence-electron chi connectivity index (χ2n) is 3.41. The lowest BCUT2D eigenvalue weighted by molar-refractivity contribution is -0.140. The van der Waals surface area contributed by atoms with Crippen LogP contribution in [-0.2, 0) is 9.53 Å². The third kappa shape index (κ3) is 3.23. The van der Waals surface area contributed by atoms with Gasteiger partial charge in [-0.1, -0.05) is 0 Å². The molecule has 0 aromatic carbocycles. The summed E-state index contributed by atoms with van der Waals surface area (Å²) >= 11 is 0. The van der Waals surface area contributed by atoms with Crippen LogP contribution >= 0.6 is 0 Å². The molecular weight excluding hydrogens is 192 g/mol. The van der Waals surface area contributed by atoms with E-state index in [1.54, 1.807) is 6.20 Å². The molecular formula is C11H16N2O2. The van der Waals surface area contributed by atoms with Crippen molar-refractivity contribution >= 4 is 11.7 Å². The molecule has 0 aliphatic carbocycles. The van der Waals surface area contributed by atoms with Crippen LogP contribution in [-0.4, -0.2) is 31.7 Å². The molecule has 0 N–H and O–H groups in total. The van der Waals surface area contributed by atoms with Crippen molar-refractivity contribution in [2.45, 2.75) is 13.3 Å². The molecule has 0 unspecified atom stereocenters. The standard InChI is InChI=1S/C11H16N2O2/c1-9-8-12-6-4-10(9)13(2)7-5-11(14)15-3/h4,6,8H,5,7H2,1-3H3. The molecule has 0 spiro atoms. The number of hydrogen-bond acceptors (Lipinski definition) is 4. The first-order valence-electron chi connectivity index (χ1n) is 4.83. The lowest BCUT2D eigenvalue weighted by atomic mass is 10.2. The zero-order valence-electron chi connectivity index (χ0n) is 9.36. The summed E-state index contributed by atoms with van der Waals surface area (Å²) in [5.74, 6) is -0.187. The molecule has 1 aromatic rings. The minimum absolute atomic E-state index is 0.187. The zero-order chi connectivity index (χ0) is 11.3. The second-order valence-corrected chi connectivity index (χ2v) is 3.41. The minimum Gasteiger partial charge on any atom is -0.469 e. The van der Waals surface area contributed by atoms with Gasteiger partial charge in [-0.2, -0.15) is 0 Å². The summed E-state index contributed by atoms with van der Waals surface area (Å²) in [6.45, 7) is 2.65. The lowest BCUT2D eigenvalue weighted by Crippen LogP contribution is -2.22. The summed E-state index contributed by atoms with van der Waals surface area (Å²) in [5, 5.41) is 0. The average molecular weight is 208 g/mol. The molecule has 1 heterocycles. The van der Waals surface area contributed by atoms with E-state index in [-0.39, 0.29) is 5.97 Å². The number of nitrogens with zero attached hydrogens (tertiary/aromatic N) is 2. The van der Waals surface area contributed by atoms with Crippen LogP contribution < -0.4 is 4.90 Å². The molecule has 0 saturated heterocycles. The van der Waals surface area contributed by atoms with Crippen molar-refractivity contribution in [2.24, 2.45) is 0 Å². The smallest absolute Gasteiger partial charge is 0.307 e. The number of anilines is 1.